The molecule has 0 saturated heterocycles. The summed E-state index contributed by atoms with van der Waals surface area (Å²) in [5.41, 5.74) is 2.07. The summed E-state index contributed by atoms with van der Waals surface area (Å²) < 4.78 is 7.38. The molecule has 0 aliphatic carbocycles. The summed E-state index contributed by atoms with van der Waals surface area (Å²) in [5.74, 6) is 0.706. The van der Waals surface area contributed by atoms with E-state index in [2.05, 4.69) is 5.10 Å². The van der Waals surface area contributed by atoms with Gasteiger partial charge < -0.3 is 4.74 Å². The third-order valence-corrected chi connectivity index (χ3v) is 2.61. The number of hydrogen-bond acceptors (Lipinski definition) is 2. The van der Waals surface area contributed by atoms with Gasteiger partial charge in [0, 0.05) is 18.7 Å². The Kier molecular flexibility index (Phi) is 4.19. The lowest BCUT2D eigenvalue weighted by Crippen LogP contribution is -1.96. The van der Waals surface area contributed by atoms with E-state index in [4.69, 9.17) is 16.3 Å². The van der Waals surface area contributed by atoms with Crippen LogP contribution in [-0.4, -0.2) is 22.1 Å². The first-order chi connectivity index (χ1) is 7.90. The van der Waals surface area contributed by atoms with E-state index in [1.807, 2.05) is 35.0 Å². The normalized spacial score (nSPS) is 11.1. The number of halogens is 1. The molecular weight excluding hydrogens is 224 g/mol. The third kappa shape index (κ3) is 2.97. The lowest BCUT2D eigenvalue weighted by molar-refractivity contribution is 0.115. The Hall–Kier alpha value is -1.06. The number of alkyl halides is 1. The summed E-state index contributed by atoms with van der Waals surface area (Å²) in [6, 6.07) is 8.04. The second kappa shape index (κ2) is 5.87. The minimum Gasteiger partial charge on any atom is -0.375 e. The van der Waals surface area contributed by atoms with E-state index in [0.717, 1.165) is 30.7 Å². The molecule has 0 N–H and O–H groups in total. The standard InChI is InChI=1S/C12H15ClN2O/c13-6-2-4-8-16-10-11-9-12-5-1-3-7-15(12)14-11/h1,3,5,7,9H,2,4,6,8,10H2. The van der Waals surface area contributed by atoms with Crippen LogP contribution < -0.4 is 0 Å². The van der Waals surface area contributed by atoms with Gasteiger partial charge >= 0.3 is 0 Å². The van der Waals surface area contributed by atoms with Crippen molar-refractivity contribution in [1.29, 1.82) is 0 Å². The number of fused-ring (bicyclic) bond motifs is 1. The highest BCUT2D eigenvalue weighted by molar-refractivity contribution is 6.17. The first kappa shape index (κ1) is 11.4. The van der Waals surface area contributed by atoms with Crippen molar-refractivity contribution in [2.75, 3.05) is 12.5 Å². The van der Waals surface area contributed by atoms with Gasteiger partial charge in [0.25, 0.3) is 0 Å². The van der Waals surface area contributed by atoms with Crippen molar-refractivity contribution < 1.29 is 4.74 Å². The van der Waals surface area contributed by atoms with Gasteiger partial charge in [-0.05, 0) is 31.0 Å². The molecule has 0 aliphatic rings. The minimum absolute atomic E-state index is 0.573. The lowest BCUT2D eigenvalue weighted by Gasteiger charge is -1.99. The lowest BCUT2D eigenvalue weighted by atomic mass is 10.3. The summed E-state index contributed by atoms with van der Waals surface area (Å²) in [7, 11) is 0. The zero-order valence-corrected chi connectivity index (χ0v) is 9.86. The van der Waals surface area contributed by atoms with Gasteiger partial charge in [-0.2, -0.15) is 5.10 Å². The van der Waals surface area contributed by atoms with Crippen LogP contribution >= 0.6 is 11.6 Å². The van der Waals surface area contributed by atoms with Crippen molar-refractivity contribution in [3.05, 3.63) is 36.2 Å². The molecule has 2 aromatic rings. The highest BCUT2D eigenvalue weighted by Crippen LogP contribution is 2.07. The largest absolute Gasteiger partial charge is 0.375 e. The van der Waals surface area contributed by atoms with Crippen LogP contribution in [0.15, 0.2) is 30.5 Å². The molecule has 0 aromatic carbocycles. The number of rotatable bonds is 6. The van der Waals surface area contributed by atoms with Gasteiger partial charge in [-0.15, -0.1) is 11.6 Å². The summed E-state index contributed by atoms with van der Waals surface area (Å²) in [6.07, 6.45) is 3.95. The maximum absolute atomic E-state index is 5.58. The predicted octanol–water partition coefficient (Wildman–Crippen LogP) is 2.87. The van der Waals surface area contributed by atoms with Crippen molar-refractivity contribution in [3.8, 4) is 0 Å². The number of aromatic nitrogens is 2. The van der Waals surface area contributed by atoms with Crippen molar-refractivity contribution in [2.45, 2.75) is 19.4 Å². The van der Waals surface area contributed by atoms with Crippen molar-refractivity contribution in [2.24, 2.45) is 0 Å². The molecule has 2 heterocycles. The number of unbranched alkanes of at least 4 members (excludes halogenated alkanes) is 1. The van der Waals surface area contributed by atoms with Gasteiger partial charge in [0.15, 0.2) is 0 Å². The SMILES string of the molecule is ClCCCCOCc1cc2ccccn2n1. The summed E-state index contributed by atoms with van der Waals surface area (Å²) >= 11 is 5.58. The van der Waals surface area contributed by atoms with Gasteiger partial charge in [-0.25, -0.2) is 4.52 Å². The van der Waals surface area contributed by atoms with Crippen LogP contribution in [0, 0.1) is 0 Å². The van der Waals surface area contributed by atoms with Crippen molar-refractivity contribution in [1.82, 2.24) is 9.61 Å². The van der Waals surface area contributed by atoms with Crippen LogP contribution in [0.1, 0.15) is 18.5 Å². The van der Waals surface area contributed by atoms with Gasteiger partial charge in [-0.1, -0.05) is 6.07 Å². The van der Waals surface area contributed by atoms with E-state index in [1.165, 1.54) is 0 Å². The molecule has 0 bridgehead atoms. The smallest absolute Gasteiger partial charge is 0.0906 e. The zero-order valence-electron chi connectivity index (χ0n) is 9.10. The summed E-state index contributed by atoms with van der Waals surface area (Å²) in [6.45, 7) is 1.32. The number of ether oxygens (including phenoxy) is 1. The van der Waals surface area contributed by atoms with Gasteiger partial charge in [0.2, 0.25) is 0 Å². The Bertz CT molecular complexity index is 408. The average Bonchev–Trinajstić information content (AvgIpc) is 2.71. The van der Waals surface area contributed by atoms with Crippen LogP contribution in [0.4, 0.5) is 0 Å². The van der Waals surface area contributed by atoms with E-state index >= 15 is 0 Å². The molecule has 0 saturated carbocycles. The fourth-order valence-corrected chi connectivity index (χ4v) is 1.73. The van der Waals surface area contributed by atoms with Crippen LogP contribution in [0.2, 0.25) is 0 Å². The molecule has 0 spiro atoms. The summed E-state index contributed by atoms with van der Waals surface area (Å²) in [5, 5.41) is 4.40. The van der Waals surface area contributed by atoms with Gasteiger partial charge in [0.1, 0.15) is 0 Å². The zero-order chi connectivity index (χ0) is 11.2. The molecule has 2 aromatic heterocycles. The van der Waals surface area contributed by atoms with Crippen LogP contribution in [0.25, 0.3) is 5.52 Å². The molecule has 86 valence electrons. The Morgan fingerprint density at radius 2 is 2.25 bits per heavy atom. The number of pyridine rings is 1. The van der Waals surface area contributed by atoms with Crippen LogP contribution in [-0.2, 0) is 11.3 Å². The maximum Gasteiger partial charge on any atom is 0.0906 e. The van der Waals surface area contributed by atoms with E-state index in [0.29, 0.717) is 12.5 Å². The molecule has 0 aliphatic heterocycles. The van der Waals surface area contributed by atoms with Crippen LogP contribution in [0.3, 0.4) is 0 Å². The fourth-order valence-electron chi connectivity index (χ4n) is 1.54. The number of nitrogens with zero attached hydrogens (tertiary/aromatic N) is 2. The minimum atomic E-state index is 0.573. The van der Waals surface area contributed by atoms with Gasteiger partial charge in [0.05, 0.1) is 17.8 Å². The van der Waals surface area contributed by atoms with E-state index in [1.54, 1.807) is 0 Å². The predicted molar refractivity (Wildman–Crippen MR) is 64.8 cm³/mol. The molecule has 0 fully saturated rings. The molecule has 0 radical (unpaired) electrons. The molecule has 4 heteroatoms. The topological polar surface area (TPSA) is 26.5 Å². The maximum atomic E-state index is 5.58. The monoisotopic (exact) mass is 238 g/mol. The van der Waals surface area contributed by atoms with Crippen molar-refractivity contribution >= 4 is 17.1 Å². The Morgan fingerprint density at radius 1 is 1.31 bits per heavy atom. The first-order valence-corrected chi connectivity index (χ1v) is 6.00. The fraction of sp³-hybridized carbons (Fsp3) is 0.417. The second-order valence-corrected chi connectivity index (χ2v) is 4.03. The molecular formula is C12H15ClN2O. The number of hydrogen-bond donors (Lipinski definition) is 0. The molecule has 0 amide bonds. The van der Waals surface area contributed by atoms with E-state index < -0.39 is 0 Å². The Morgan fingerprint density at radius 3 is 3.06 bits per heavy atom. The molecule has 2 rings (SSSR count). The molecule has 3 nitrogen and oxygen atoms in total. The van der Waals surface area contributed by atoms with E-state index in [-0.39, 0.29) is 0 Å². The highest BCUT2D eigenvalue weighted by Gasteiger charge is 2.00. The average molecular weight is 239 g/mol. The first-order valence-electron chi connectivity index (χ1n) is 5.47. The van der Waals surface area contributed by atoms with Crippen molar-refractivity contribution in [3.63, 3.8) is 0 Å². The quantitative estimate of drug-likeness (QED) is 0.572. The van der Waals surface area contributed by atoms with Gasteiger partial charge in [-0.3, -0.25) is 0 Å². The molecule has 0 atom stereocenters. The molecule has 16 heavy (non-hydrogen) atoms. The Labute approximate surface area is 100.0 Å². The second-order valence-electron chi connectivity index (χ2n) is 3.65. The highest BCUT2D eigenvalue weighted by atomic mass is 35.5. The Balaban J connectivity index is 1.85. The van der Waals surface area contributed by atoms with E-state index in [9.17, 15) is 0 Å². The third-order valence-electron chi connectivity index (χ3n) is 2.34. The molecule has 0 unspecified atom stereocenters. The summed E-state index contributed by atoms with van der Waals surface area (Å²) in [4.78, 5) is 0. The van der Waals surface area contributed by atoms with Crippen LogP contribution in [0.5, 0.6) is 0 Å².